The Morgan fingerprint density at radius 1 is 1.46 bits per heavy atom. The zero-order valence-corrected chi connectivity index (χ0v) is 8.09. The zero-order chi connectivity index (χ0) is 9.10. The van der Waals surface area contributed by atoms with Crippen LogP contribution in [0.4, 0.5) is 0 Å². The molecule has 0 saturated carbocycles. The molecule has 1 aromatic heterocycles. The molecule has 0 radical (unpaired) electrons. The van der Waals surface area contributed by atoms with Crippen LogP contribution in [0.5, 0.6) is 0 Å². The predicted octanol–water partition coefficient (Wildman–Crippen LogP) is 1.17. The van der Waals surface area contributed by atoms with Gasteiger partial charge in [0.1, 0.15) is 6.61 Å². The molecule has 0 atom stereocenters. The minimum absolute atomic E-state index is 0.134. The third-order valence-electron chi connectivity index (χ3n) is 2.20. The van der Waals surface area contributed by atoms with Crippen molar-refractivity contribution in [2.45, 2.75) is 25.4 Å². The van der Waals surface area contributed by atoms with Gasteiger partial charge < -0.3 is 9.63 Å². The van der Waals surface area contributed by atoms with Crippen LogP contribution in [0.15, 0.2) is 4.52 Å². The summed E-state index contributed by atoms with van der Waals surface area (Å²) in [6, 6.07) is 0. The minimum atomic E-state index is -0.134. The van der Waals surface area contributed by atoms with Crippen LogP contribution in [0, 0.1) is 0 Å². The highest BCUT2D eigenvalue weighted by molar-refractivity contribution is 7.99. The number of aliphatic hydroxyl groups is 1. The number of hydrogen-bond acceptors (Lipinski definition) is 5. The van der Waals surface area contributed by atoms with Crippen LogP contribution in [0.1, 0.15) is 30.5 Å². The summed E-state index contributed by atoms with van der Waals surface area (Å²) in [5.41, 5.74) is 0. The maximum atomic E-state index is 8.76. The molecule has 1 N–H and O–H groups in total. The van der Waals surface area contributed by atoms with Crippen molar-refractivity contribution >= 4 is 11.8 Å². The van der Waals surface area contributed by atoms with Crippen LogP contribution in [0.25, 0.3) is 0 Å². The minimum Gasteiger partial charge on any atom is -0.388 e. The third-order valence-corrected chi connectivity index (χ3v) is 3.24. The van der Waals surface area contributed by atoms with E-state index in [1.165, 1.54) is 11.5 Å². The van der Waals surface area contributed by atoms with Crippen LogP contribution in [-0.4, -0.2) is 26.8 Å². The quantitative estimate of drug-likeness (QED) is 0.776. The van der Waals surface area contributed by atoms with Crippen molar-refractivity contribution in [3.63, 3.8) is 0 Å². The molecule has 1 aliphatic rings. The van der Waals surface area contributed by atoms with Gasteiger partial charge in [-0.2, -0.15) is 16.7 Å². The Kier molecular flexibility index (Phi) is 2.85. The first-order chi connectivity index (χ1) is 6.40. The summed E-state index contributed by atoms with van der Waals surface area (Å²) >= 11 is 1.97. The van der Waals surface area contributed by atoms with Crippen molar-refractivity contribution < 1.29 is 9.63 Å². The molecule has 1 saturated heterocycles. The van der Waals surface area contributed by atoms with Crippen LogP contribution in [-0.2, 0) is 6.61 Å². The molecule has 4 nitrogen and oxygen atoms in total. The molecule has 0 aromatic carbocycles. The van der Waals surface area contributed by atoms with E-state index in [9.17, 15) is 0 Å². The Balaban J connectivity index is 2.05. The highest BCUT2D eigenvalue weighted by atomic mass is 32.2. The molecular formula is C8H12N2O2S. The van der Waals surface area contributed by atoms with Gasteiger partial charge in [-0.05, 0) is 24.3 Å². The molecule has 0 aliphatic carbocycles. The number of aromatic nitrogens is 2. The molecular weight excluding hydrogens is 188 g/mol. The molecule has 0 spiro atoms. The largest absolute Gasteiger partial charge is 0.388 e. The van der Waals surface area contributed by atoms with E-state index in [2.05, 4.69) is 10.1 Å². The van der Waals surface area contributed by atoms with Gasteiger partial charge in [0.25, 0.3) is 0 Å². The number of hydrogen-bond donors (Lipinski definition) is 1. The second-order valence-electron chi connectivity index (χ2n) is 3.09. The molecule has 13 heavy (non-hydrogen) atoms. The monoisotopic (exact) mass is 200 g/mol. The lowest BCUT2D eigenvalue weighted by Gasteiger charge is -2.16. The van der Waals surface area contributed by atoms with E-state index in [0.717, 1.165) is 12.8 Å². The van der Waals surface area contributed by atoms with Crippen molar-refractivity contribution in [1.29, 1.82) is 0 Å². The summed E-state index contributed by atoms with van der Waals surface area (Å²) in [6.45, 7) is -0.134. The Labute approximate surface area is 80.7 Å². The van der Waals surface area contributed by atoms with Gasteiger partial charge in [-0.15, -0.1) is 0 Å². The van der Waals surface area contributed by atoms with Crippen molar-refractivity contribution in [3.05, 3.63) is 11.7 Å². The number of aliphatic hydroxyl groups excluding tert-OH is 1. The molecule has 1 fully saturated rings. The lowest BCUT2D eigenvalue weighted by Crippen LogP contribution is -2.08. The van der Waals surface area contributed by atoms with Crippen LogP contribution < -0.4 is 0 Å². The van der Waals surface area contributed by atoms with Gasteiger partial charge in [-0.1, -0.05) is 5.16 Å². The molecule has 1 aromatic rings. The van der Waals surface area contributed by atoms with Crippen LogP contribution in [0.3, 0.4) is 0 Å². The molecule has 0 unspecified atom stereocenters. The summed E-state index contributed by atoms with van der Waals surface area (Å²) in [4.78, 5) is 4.12. The fourth-order valence-electron chi connectivity index (χ4n) is 1.44. The van der Waals surface area contributed by atoms with Crippen molar-refractivity contribution in [2.75, 3.05) is 11.5 Å². The first-order valence-corrected chi connectivity index (χ1v) is 5.56. The molecule has 1 aliphatic heterocycles. The smallest absolute Gasteiger partial charge is 0.229 e. The van der Waals surface area contributed by atoms with Crippen molar-refractivity contribution in [3.8, 4) is 0 Å². The average Bonchev–Trinajstić information content (AvgIpc) is 2.67. The van der Waals surface area contributed by atoms with Crippen LogP contribution in [0.2, 0.25) is 0 Å². The number of rotatable bonds is 2. The SMILES string of the molecule is OCc1noc(C2CCSCC2)n1. The average molecular weight is 200 g/mol. The normalized spacial score (nSPS) is 19.2. The Bertz CT molecular complexity index is 271. The maximum Gasteiger partial charge on any atom is 0.229 e. The van der Waals surface area contributed by atoms with Crippen molar-refractivity contribution in [2.24, 2.45) is 0 Å². The fraction of sp³-hybridized carbons (Fsp3) is 0.750. The molecule has 0 bridgehead atoms. The van der Waals surface area contributed by atoms with Gasteiger partial charge in [-0.25, -0.2) is 0 Å². The molecule has 72 valence electrons. The molecule has 5 heteroatoms. The van der Waals surface area contributed by atoms with Gasteiger partial charge in [0.2, 0.25) is 5.89 Å². The van der Waals surface area contributed by atoms with E-state index in [4.69, 9.17) is 9.63 Å². The lowest BCUT2D eigenvalue weighted by molar-refractivity contribution is 0.261. The van der Waals surface area contributed by atoms with Crippen molar-refractivity contribution in [1.82, 2.24) is 10.1 Å². The summed E-state index contributed by atoms with van der Waals surface area (Å²) < 4.78 is 5.06. The van der Waals surface area contributed by atoms with Gasteiger partial charge in [-0.3, -0.25) is 0 Å². The van der Waals surface area contributed by atoms with E-state index in [0.29, 0.717) is 17.6 Å². The highest BCUT2D eigenvalue weighted by Crippen LogP contribution is 2.30. The summed E-state index contributed by atoms with van der Waals surface area (Å²) in [7, 11) is 0. The molecule has 2 rings (SSSR count). The van der Waals surface area contributed by atoms with E-state index in [1.54, 1.807) is 0 Å². The first-order valence-electron chi connectivity index (χ1n) is 4.41. The lowest BCUT2D eigenvalue weighted by atomic mass is 10.0. The zero-order valence-electron chi connectivity index (χ0n) is 7.27. The third kappa shape index (κ3) is 2.03. The van der Waals surface area contributed by atoms with Gasteiger partial charge in [0.05, 0.1) is 0 Å². The standard InChI is InChI=1S/C8H12N2O2S/c11-5-7-9-8(12-10-7)6-1-3-13-4-2-6/h6,11H,1-5H2. The maximum absolute atomic E-state index is 8.76. The summed E-state index contributed by atoms with van der Waals surface area (Å²) in [5, 5.41) is 12.4. The summed E-state index contributed by atoms with van der Waals surface area (Å²) in [5.74, 6) is 3.84. The van der Waals surface area contributed by atoms with Gasteiger partial charge in [0.15, 0.2) is 5.82 Å². The Morgan fingerprint density at radius 3 is 2.85 bits per heavy atom. The van der Waals surface area contributed by atoms with Gasteiger partial charge >= 0.3 is 0 Å². The summed E-state index contributed by atoms with van der Waals surface area (Å²) in [6.07, 6.45) is 2.22. The number of thioether (sulfide) groups is 1. The first kappa shape index (κ1) is 9.02. The Morgan fingerprint density at radius 2 is 2.23 bits per heavy atom. The number of nitrogens with zero attached hydrogens (tertiary/aromatic N) is 2. The second-order valence-corrected chi connectivity index (χ2v) is 4.32. The topological polar surface area (TPSA) is 59.2 Å². The fourth-order valence-corrected chi connectivity index (χ4v) is 2.55. The highest BCUT2D eigenvalue weighted by Gasteiger charge is 2.21. The van der Waals surface area contributed by atoms with Gasteiger partial charge in [0, 0.05) is 5.92 Å². The van der Waals surface area contributed by atoms with E-state index in [1.807, 2.05) is 11.8 Å². The van der Waals surface area contributed by atoms with E-state index in [-0.39, 0.29) is 6.61 Å². The van der Waals surface area contributed by atoms with Crippen LogP contribution >= 0.6 is 11.8 Å². The van der Waals surface area contributed by atoms with E-state index < -0.39 is 0 Å². The molecule has 2 heterocycles. The molecule has 0 amide bonds. The predicted molar refractivity (Wildman–Crippen MR) is 49.5 cm³/mol. The Hall–Kier alpha value is -0.550. The van der Waals surface area contributed by atoms with E-state index >= 15 is 0 Å². The second kappa shape index (κ2) is 4.11.